The quantitative estimate of drug-likeness (QED) is 0.388. The summed E-state index contributed by atoms with van der Waals surface area (Å²) in [5, 5.41) is 9.57. The van der Waals surface area contributed by atoms with Crippen LogP contribution in [0.1, 0.15) is 11.1 Å². The third-order valence-corrected chi connectivity index (χ3v) is 4.47. The summed E-state index contributed by atoms with van der Waals surface area (Å²) in [5.41, 5.74) is -0.671. The van der Waals surface area contributed by atoms with Crippen molar-refractivity contribution < 1.29 is 35.6 Å². The van der Waals surface area contributed by atoms with E-state index in [0.717, 1.165) is 23.0 Å². The predicted octanol–water partition coefficient (Wildman–Crippen LogP) is 4.88. The minimum atomic E-state index is -4.71. The van der Waals surface area contributed by atoms with E-state index in [4.69, 9.17) is 4.74 Å². The van der Waals surface area contributed by atoms with E-state index in [9.17, 15) is 31.6 Å². The van der Waals surface area contributed by atoms with Crippen LogP contribution in [0.5, 0.6) is 5.75 Å². The monoisotopic (exact) mass is 440 g/mol. The molecule has 0 amide bonds. The maximum Gasteiger partial charge on any atom is 0.448 e. The van der Waals surface area contributed by atoms with Crippen molar-refractivity contribution >= 4 is 16.8 Å². The summed E-state index contributed by atoms with van der Waals surface area (Å²) in [5.74, 6) is -0.418. The van der Waals surface area contributed by atoms with E-state index >= 15 is 0 Å². The Morgan fingerprint density at radius 2 is 1.71 bits per heavy atom. The molecule has 2 aromatic rings. The van der Waals surface area contributed by atoms with E-state index in [1.165, 1.54) is 30.3 Å². The fourth-order valence-corrected chi connectivity index (χ4v) is 3.01. The highest BCUT2D eigenvalue weighted by Crippen LogP contribution is 2.44. The summed E-state index contributed by atoms with van der Waals surface area (Å²) in [6.45, 7) is -1.24. The van der Waals surface area contributed by atoms with E-state index in [1.54, 1.807) is 25.1 Å². The number of hydrogen-bond acceptors (Lipinski definition) is 3. The molecule has 162 valence electrons. The highest BCUT2D eigenvalue weighted by atomic mass is 19.4. The topological polar surface area (TPSA) is 40.1 Å². The number of nitrogens with zero attached hydrogens (tertiary/aromatic N) is 3. The Morgan fingerprint density at radius 3 is 2.23 bits per heavy atom. The zero-order valence-corrected chi connectivity index (χ0v) is 16.3. The minimum Gasteiger partial charge on any atom is -0.455 e. The van der Waals surface area contributed by atoms with Gasteiger partial charge in [0.1, 0.15) is 23.2 Å². The Balaban J connectivity index is 2.11. The first-order valence-corrected chi connectivity index (χ1v) is 8.88. The van der Waals surface area contributed by atoms with Crippen LogP contribution in [0.4, 0.5) is 32.0 Å². The second-order valence-electron chi connectivity index (χ2n) is 6.96. The fourth-order valence-electron chi connectivity index (χ4n) is 3.01. The molecule has 10 heteroatoms. The maximum absolute atomic E-state index is 13.7. The van der Waals surface area contributed by atoms with Crippen LogP contribution in [-0.4, -0.2) is 26.4 Å². The van der Waals surface area contributed by atoms with Gasteiger partial charge < -0.3 is 9.64 Å². The average molecular weight is 440 g/mol. The molecule has 1 aliphatic rings. The lowest BCUT2D eigenvalue weighted by Gasteiger charge is -2.24. The summed E-state index contributed by atoms with van der Waals surface area (Å²) in [6.07, 6.45) is -6.23. The first-order chi connectivity index (χ1) is 14.4. The summed E-state index contributed by atoms with van der Waals surface area (Å²) in [4.78, 5) is 1.68. The highest BCUT2D eigenvalue weighted by Gasteiger charge is 2.39. The van der Waals surface area contributed by atoms with Gasteiger partial charge in [-0.2, -0.15) is 36.2 Å². The van der Waals surface area contributed by atoms with E-state index in [-0.39, 0.29) is 28.2 Å². The van der Waals surface area contributed by atoms with Crippen LogP contribution in [0.2, 0.25) is 0 Å². The van der Waals surface area contributed by atoms with Crippen LogP contribution in [-0.2, 0) is 6.54 Å². The SMILES string of the molecule is CN(C)c1ccc2c(c1)O/C(=C(/C#N)c1cc[n+](CC(F)(F)F)cc1)C=C2C(F)(F)F. The largest absolute Gasteiger partial charge is 0.455 e. The Labute approximate surface area is 173 Å². The van der Waals surface area contributed by atoms with Gasteiger partial charge in [0.15, 0.2) is 12.4 Å². The minimum absolute atomic E-state index is 0.0770. The number of benzene rings is 1. The number of alkyl halides is 6. The molecular weight excluding hydrogens is 424 g/mol. The van der Waals surface area contributed by atoms with Crippen LogP contribution in [0, 0.1) is 11.3 Å². The van der Waals surface area contributed by atoms with Gasteiger partial charge in [-0.1, -0.05) is 0 Å². The summed E-state index contributed by atoms with van der Waals surface area (Å²) in [6, 6.07) is 8.45. The van der Waals surface area contributed by atoms with Crippen molar-refractivity contribution in [1.29, 1.82) is 5.26 Å². The molecule has 0 aliphatic carbocycles. The van der Waals surface area contributed by atoms with Gasteiger partial charge >= 0.3 is 12.4 Å². The van der Waals surface area contributed by atoms with Crippen LogP contribution in [0.3, 0.4) is 0 Å². The number of halogens is 6. The lowest BCUT2D eigenvalue weighted by molar-refractivity contribution is -0.719. The molecule has 1 aromatic carbocycles. The molecular formula is C21H16F6N3O+. The first-order valence-electron chi connectivity index (χ1n) is 8.88. The number of rotatable bonds is 3. The van der Waals surface area contributed by atoms with Crippen LogP contribution in [0.25, 0.3) is 11.1 Å². The normalized spacial score (nSPS) is 15.4. The summed E-state index contributed by atoms with van der Waals surface area (Å²) >= 11 is 0. The number of pyridine rings is 1. The number of aromatic nitrogens is 1. The Kier molecular flexibility index (Phi) is 5.72. The van der Waals surface area contributed by atoms with Crippen molar-refractivity contribution in [2.75, 3.05) is 19.0 Å². The molecule has 0 N–H and O–H groups in total. The summed E-state index contributed by atoms with van der Waals surface area (Å²) in [7, 11) is 3.42. The van der Waals surface area contributed by atoms with Crippen molar-refractivity contribution in [1.82, 2.24) is 0 Å². The van der Waals surface area contributed by atoms with Crippen LogP contribution >= 0.6 is 0 Å². The van der Waals surface area contributed by atoms with Crippen molar-refractivity contribution in [3.8, 4) is 11.8 Å². The molecule has 0 atom stereocenters. The van der Waals surface area contributed by atoms with Gasteiger partial charge in [-0.3, -0.25) is 0 Å². The van der Waals surface area contributed by atoms with E-state index in [1.807, 2.05) is 0 Å². The summed E-state index contributed by atoms with van der Waals surface area (Å²) < 4.78 is 85.1. The molecule has 0 saturated heterocycles. The molecule has 0 radical (unpaired) electrons. The Hall–Kier alpha value is -3.48. The van der Waals surface area contributed by atoms with Gasteiger partial charge in [-0.05, 0) is 18.2 Å². The third-order valence-electron chi connectivity index (χ3n) is 4.47. The third kappa shape index (κ3) is 4.99. The second kappa shape index (κ2) is 7.98. The van der Waals surface area contributed by atoms with E-state index in [0.29, 0.717) is 5.69 Å². The highest BCUT2D eigenvalue weighted by molar-refractivity contribution is 5.86. The average Bonchev–Trinajstić information content (AvgIpc) is 2.66. The molecule has 0 bridgehead atoms. The standard InChI is InChI=1S/C21H16F6N3O/c1-29(2)14-3-4-15-17(21(25,26)27)10-19(31-18(15)9-14)16(11-28)13-5-7-30(8-6-13)12-20(22,23)24/h3-10H,12H2,1-2H3/q+1. The molecule has 0 unspecified atom stereocenters. The number of ether oxygens (including phenoxy) is 1. The van der Waals surface area contributed by atoms with Crippen LogP contribution < -0.4 is 14.2 Å². The Bertz CT molecular complexity index is 1090. The van der Waals surface area contributed by atoms with Gasteiger partial charge in [0, 0.05) is 49.1 Å². The smallest absolute Gasteiger partial charge is 0.448 e. The fraction of sp³-hybridized carbons (Fsp3) is 0.238. The van der Waals surface area contributed by atoms with Gasteiger partial charge in [-0.15, -0.1) is 0 Å². The van der Waals surface area contributed by atoms with E-state index < -0.39 is 24.5 Å². The van der Waals surface area contributed by atoms with Crippen molar-refractivity contribution in [2.24, 2.45) is 0 Å². The molecule has 0 fully saturated rings. The number of allylic oxidation sites excluding steroid dienone is 3. The van der Waals surface area contributed by atoms with Crippen molar-refractivity contribution in [3.63, 3.8) is 0 Å². The lowest BCUT2D eigenvalue weighted by Crippen LogP contribution is -2.40. The van der Waals surface area contributed by atoms with Gasteiger partial charge in [0.2, 0.25) is 6.54 Å². The molecule has 0 spiro atoms. The zero-order valence-electron chi connectivity index (χ0n) is 16.3. The predicted molar refractivity (Wildman–Crippen MR) is 101 cm³/mol. The maximum atomic E-state index is 13.7. The van der Waals surface area contributed by atoms with Gasteiger partial charge in [-0.25, -0.2) is 0 Å². The molecule has 3 rings (SSSR count). The second-order valence-corrected chi connectivity index (χ2v) is 6.96. The molecule has 4 nitrogen and oxygen atoms in total. The molecule has 31 heavy (non-hydrogen) atoms. The number of hydrogen-bond donors (Lipinski definition) is 0. The molecule has 2 heterocycles. The van der Waals surface area contributed by atoms with Crippen molar-refractivity contribution in [3.05, 3.63) is 65.7 Å². The van der Waals surface area contributed by atoms with Crippen LogP contribution in [0.15, 0.2) is 54.6 Å². The van der Waals surface area contributed by atoms with Gasteiger partial charge in [0.05, 0.1) is 5.57 Å². The Morgan fingerprint density at radius 1 is 1.06 bits per heavy atom. The molecule has 1 aromatic heterocycles. The first kappa shape index (κ1) is 22.2. The molecule has 0 saturated carbocycles. The zero-order chi connectivity index (χ0) is 23.0. The molecule has 1 aliphatic heterocycles. The number of fused-ring (bicyclic) bond motifs is 1. The van der Waals surface area contributed by atoms with Gasteiger partial charge in [0.25, 0.3) is 0 Å². The number of nitriles is 1. The number of anilines is 1. The van der Waals surface area contributed by atoms with Crippen molar-refractivity contribution in [2.45, 2.75) is 18.9 Å². The van der Waals surface area contributed by atoms with E-state index in [2.05, 4.69) is 0 Å². The lowest BCUT2D eigenvalue weighted by atomic mass is 9.97.